The Bertz CT molecular complexity index is 589. The molecule has 2 rings (SSSR count). The Labute approximate surface area is 120 Å². The van der Waals surface area contributed by atoms with Gasteiger partial charge in [-0.25, -0.2) is 4.79 Å². The van der Waals surface area contributed by atoms with E-state index in [1.165, 1.54) is 5.56 Å². The first kappa shape index (κ1) is 13.1. The van der Waals surface area contributed by atoms with Gasteiger partial charge in [-0.05, 0) is 53.6 Å². The molecule has 1 unspecified atom stereocenters. The molecule has 0 spiro atoms. The van der Waals surface area contributed by atoms with Crippen molar-refractivity contribution in [2.75, 3.05) is 0 Å². The second-order valence-electron chi connectivity index (χ2n) is 4.29. The van der Waals surface area contributed by atoms with Crippen LogP contribution in [0.15, 0.2) is 36.5 Å². The summed E-state index contributed by atoms with van der Waals surface area (Å²) < 4.78 is 2.75. The third-order valence-corrected chi connectivity index (χ3v) is 3.68. The molecule has 1 heterocycles. The third-order valence-electron chi connectivity index (χ3n) is 3.09. The van der Waals surface area contributed by atoms with E-state index in [9.17, 15) is 9.90 Å². The third kappa shape index (κ3) is 2.43. The first-order valence-corrected chi connectivity index (χ1v) is 6.74. The van der Waals surface area contributed by atoms with Gasteiger partial charge >= 0.3 is 5.97 Å². The van der Waals surface area contributed by atoms with E-state index in [-0.39, 0.29) is 6.04 Å². The molecule has 0 saturated heterocycles. The summed E-state index contributed by atoms with van der Waals surface area (Å²) in [6.07, 6.45) is 1.88. The van der Waals surface area contributed by atoms with E-state index in [1.54, 1.807) is 6.07 Å². The van der Waals surface area contributed by atoms with E-state index in [2.05, 4.69) is 22.6 Å². The lowest BCUT2D eigenvalue weighted by Gasteiger charge is -2.18. The topological polar surface area (TPSA) is 42.2 Å². The highest BCUT2D eigenvalue weighted by molar-refractivity contribution is 14.1. The predicted octanol–water partition coefficient (Wildman–Crippen LogP) is 3.71. The van der Waals surface area contributed by atoms with Crippen LogP contribution in [0.2, 0.25) is 0 Å². The van der Waals surface area contributed by atoms with Crippen LogP contribution in [0, 0.1) is 10.5 Å². The summed E-state index contributed by atoms with van der Waals surface area (Å²) >= 11 is 2.14. The molecule has 1 aromatic heterocycles. The summed E-state index contributed by atoms with van der Waals surface area (Å²) in [5, 5.41) is 9.22. The molecule has 0 aliphatic heterocycles. The number of aryl methyl sites for hydroxylation is 1. The Hall–Kier alpha value is -1.30. The summed E-state index contributed by atoms with van der Waals surface area (Å²) in [7, 11) is 0. The van der Waals surface area contributed by atoms with Crippen molar-refractivity contribution in [3.8, 4) is 0 Å². The Kier molecular flexibility index (Phi) is 3.75. The van der Waals surface area contributed by atoms with Crippen LogP contribution in [0.25, 0.3) is 0 Å². The largest absolute Gasteiger partial charge is 0.477 e. The van der Waals surface area contributed by atoms with E-state index >= 15 is 0 Å². The Morgan fingerprint density at radius 1 is 1.39 bits per heavy atom. The number of hydrogen-bond donors (Lipinski definition) is 1. The minimum Gasteiger partial charge on any atom is -0.477 e. The molecule has 0 aliphatic rings. The minimum atomic E-state index is -0.890. The van der Waals surface area contributed by atoms with Gasteiger partial charge < -0.3 is 9.67 Å². The number of aromatic nitrogens is 1. The van der Waals surface area contributed by atoms with E-state index in [1.807, 2.05) is 48.9 Å². The normalized spacial score (nSPS) is 12.4. The zero-order valence-corrected chi connectivity index (χ0v) is 12.4. The number of benzene rings is 1. The van der Waals surface area contributed by atoms with E-state index < -0.39 is 5.97 Å². The first-order valence-electron chi connectivity index (χ1n) is 5.67. The fraction of sp³-hybridized carbons (Fsp3) is 0.214. The molecule has 0 aliphatic carbocycles. The maximum absolute atomic E-state index is 11.2. The molecule has 0 radical (unpaired) electrons. The maximum Gasteiger partial charge on any atom is 0.352 e. The van der Waals surface area contributed by atoms with Gasteiger partial charge in [0.25, 0.3) is 0 Å². The maximum atomic E-state index is 11.2. The highest BCUT2D eigenvalue weighted by Crippen LogP contribution is 2.25. The number of carboxylic acids is 1. The Morgan fingerprint density at radius 3 is 2.67 bits per heavy atom. The quantitative estimate of drug-likeness (QED) is 0.853. The van der Waals surface area contributed by atoms with Crippen molar-refractivity contribution >= 4 is 28.6 Å². The fourth-order valence-electron chi connectivity index (χ4n) is 2.14. The zero-order chi connectivity index (χ0) is 13.3. The highest BCUT2D eigenvalue weighted by atomic mass is 127. The van der Waals surface area contributed by atoms with E-state index in [0.29, 0.717) is 5.69 Å². The van der Waals surface area contributed by atoms with Gasteiger partial charge in [-0.2, -0.15) is 0 Å². The SMILES string of the molecule is Cc1ccccc1C(C)n1cc(I)cc1C(=O)O. The second-order valence-corrected chi connectivity index (χ2v) is 5.53. The van der Waals surface area contributed by atoms with Crippen LogP contribution in [0.3, 0.4) is 0 Å². The average Bonchev–Trinajstić information content (AvgIpc) is 2.71. The van der Waals surface area contributed by atoms with Crippen molar-refractivity contribution < 1.29 is 9.90 Å². The van der Waals surface area contributed by atoms with Crippen LogP contribution < -0.4 is 0 Å². The molecule has 0 saturated carbocycles. The number of hydrogen-bond acceptors (Lipinski definition) is 1. The number of carboxylic acid groups (broad SMARTS) is 1. The van der Waals surface area contributed by atoms with Crippen molar-refractivity contribution in [2.45, 2.75) is 19.9 Å². The fourth-order valence-corrected chi connectivity index (χ4v) is 2.74. The minimum absolute atomic E-state index is 0.0146. The van der Waals surface area contributed by atoms with Crippen molar-refractivity contribution in [3.05, 3.63) is 56.9 Å². The monoisotopic (exact) mass is 355 g/mol. The molecule has 4 heteroatoms. The number of halogens is 1. The number of rotatable bonds is 3. The van der Waals surface area contributed by atoms with Gasteiger partial charge in [0.2, 0.25) is 0 Å². The van der Waals surface area contributed by atoms with Crippen LogP contribution in [0.5, 0.6) is 0 Å². The molecule has 2 aromatic rings. The van der Waals surface area contributed by atoms with Gasteiger partial charge in [-0.15, -0.1) is 0 Å². The van der Waals surface area contributed by atoms with Crippen LogP contribution in [0.4, 0.5) is 0 Å². The molecule has 1 N–H and O–H groups in total. The molecule has 1 atom stereocenters. The number of aromatic carboxylic acids is 1. The molecule has 3 nitrogen and oxygen atoms in total. The van der Waals surface area contributed by atoms with Gasteiger partial charge in [-0.3, -0.25) is 0 Å². The van der Waals surface area contributed by atoms with Crippen LogP contribution in [-0.4, -0.2) is 15.6 Å². The van der Waals surface area contributed by atoms with E-state index in [0.717, 1.165) is 9.13 Å². The van der Waals surface area contributed by atoms with Crippen LogP contribution in [0.1, 0.15) is 34.6 Å². The van der Waals surface area contributed by atoms with E-state index in [4.69, 9.17) is 0 Å². The van der Waals surface area contributed by atoms with Gasteiger partial charge in [0, 0.05) is 9.77 Å². The Balaban J connectivity index is 2.49. The van der Waals surface area contributed by atoms with Crippen molar-refractivity contribution in [1.82, 2.24) is 4.57 Å². The summed E-state index contributed by atoms with van der Waals surface area (Å²) in [6, 6.07) is 9.76. The summed E-state index contributed by atoms with van der Waals surface area (Å²) in [6.45, 7) is 4.06. The molecule has 0 amide bonds. The molecule has 94 valence electrons. The average molecular weight is 355 g/mol. The molecular formula is C14H14INO2. The first-order chi connectivity index (χ1) is 8.50. The molecule has 0 bridgehead atoms. The number of nitrogens with zero attached hydrogens (tertiary/aromatic N) is 1. The molecule has 1 aromatic carbocycles. The lowest BCUT2D eigenvalue weighted by molar-refractivity contribution is 0.0684. The van der Waals surface area contributed by atoms with Crippen LogP contribution >= 0.6 is 22.6 Å². The summed E-state index contributed by atoms with van der Waals surface area (Å²) in [5.41, 5.74) is 2.65. The lowest BCUT2D eigenvalue weighted by atomic mass is 10.0. The van der Waals surface area contributed by atoms with Gasteiger partial charge in [-0.1, -0.05) is 24.3 Å². The zero-order valence-electron chi connectivity index (χ0n) is 10.2. The van der Waals surface area contributed by atoms with Gasteiger partial charge in [0.15, 0.2) is 0 Å². The van der Waals surface area contributed by atoms with Gasteiger partial charge in [0.05, 0.1) is 6.04 Å². The van der Waals surface area contributed by atoms with Crippen molar-refractivity contribution in [2.24, 2.45) is 0 Å². The highest BCUT2D eigenvalue weighted by Gasteiger charge is 2.18. The predicted molar refractivity (Wildman–Crippen MR) is 79.1 cm³/mol. The standard InChI is InChI=1S/C14H14INO2/c1-9-5-3-4-6-12(9)10(2)16-8-11(15)7-13(16)14(17)18/h3-8,10H,1-2H3,(H,17,18). The smallest absolute Gasteiger partial charge is 0.352 e. The Morgan fingerprint density at radius 2 is 2.06 bits per heavy atom. The summed E-state index contributed by atoms with van der Waals surface area (Å²) in [4.78, 5) is 11.2. The number of carbonyl (C=O) groups is 1. The van der Waals surface area contributed by atoms with Crippen molar-refractivity contribution in [3.63, 3.8) is 0 Å². The van der Waals surface area contributed by atoms with Gasteiger partial charge in [0.1, 0.15) is 5.69 Å². The lowest BCUT2D eigenvalue weighted by Crippen LogP contribution is -2.13. The molecule has 0 fully saturated rings. The molecule has 18 heavy (non-hydrogen) atoms. The summed E-state index contributed by atoms with van der Waals surface area (Å²) in [5.74, 6) is -0.890. The molecular weight excluding hydrogens is 341 g/mol. The van der Waals surface area contributed by atoms with Crippen molar-refractivity contribution in [1.29, 1.82) is 0 Å². The second kappa shape index (κ2) is 5.14. The van der Waals surface area contributed by atoms with Crippen LogP contribution in [-0.2, 0) is 0 Å².